The molecule has 0 bridgehead atoms. The van der Waals surface area contributed by atoms with E-state index >= 15 is 0 Å². The van der Waals surface area contributed by atoms with Gasteiger partial charge in [0.25, 0.3) is 0 Å². The minimum absolute atomic E-state index is 0.325. The first-order valence-corrected chi connectivity index (χ1v) is 8.08. The molecule has 0 unspecified atom stereocenters. The third-order valence-electron chi connectivity index (χ3n) is 3.72. The Balaban J connectivity index is 1.72. The molecular weight excluding hydrogens is 294 g/mol. The highest BCUT2D eigenvalue weighted by molar-refractivity contribution is 5.77. The van der Waals surface area contributed by atoms with Gasteiger partial charge in [0.1, 0.15) is 0 Å². The van der Waals surface area contributed by atoms with Gasteiger partial charge in [0.15, 0.2) is 5.96 Å². The monoisotopic (exact) mass is 321 g/mol. The first-order valence-electron chi connectivity index (χ1n) is 8.08. The molecule has 6 heteroatoms. The molecule has 0 amide bonds. The van der Waals surface area contributed by atoms with Gasteiger partial charge in [-0.25, -0.2) is 4.99 Å². The molecule has 2 rings (SSSR count). The van der Waals surface area contributed by atoms with Crippen molar-refractivity contribution in [3.8, 4) is 0 Å². The van der Waals surface area contributed by atoms with Crippen LogP contribution in [0.4, 0.5) is 0 Å². The molecule has 0 aliphatic carbocycles. The van der Waals surface area contributed by atoms with Gasteiger partial charge in [0, 0.05) is 26.9 Å². The maximum absolute atomic E-state index is 5.91. The number of nitrogens with zero attached hydrogens (tertiary/aromatic N) is 1. The van der Waals surface area contributed by atoms with Gasteiger partial charge in [0.05, 0.1) is 25.9 Å². The smallest absolute Gasteiger partial charge is 0.188 e. The third kappa shape index (κ3) is 6.99. The van der Waals surface area contributed by atoms with Gasteiger partial charge in [-0.05, 0) is 24.0 Å². The SMILES string of the molecule is COCCNC(N)=NCc1ccc(COC2CCOCC2)cc1. The highest BCUT2D eigenvalue weighted by Gasteiger charge is 2.13. The van der Waals surface area contributed by atoms with Crippen LogP contribution in [0.15, 0.2) is 29.3 Å². The molecule has 128 valence electrons. The predicted molar refractivity (Wildman–Crippen MR) is 90.3 cm³/mol. The summed E-state index contributed by atoms with van der Waals surface area (Å²) in [6.45, 7) is 4.09. The molecule has 0 spiro atoms. The van der Waals surface area contributed by atoms with E-state index in [9.17, 15) is 0 Å². The number of aliphatic imine (C=N–C) groups is 1. The molecule has 0 atom stereocenters. The standard InChI is InChI=1S/C17H27N3O3/c1-21-11-8-19-17(18)20-12-14-2-4-15(5-3-14)13-23-16-6-9-22-10-7-16/h2-5,16H,6-13H2,1H3,(H3,18,19,20). The molecule has 0 saturated carbocycles. The zero-order valence-corrected chi connectivity index (χ0v) is 13.8. The van der Waals surface area contributed by atoms with Crippen molar-refractivity contribution in [3.63, 3.8) is 0 Å². The maximum Gasteiger partial charge on any atom is 0.188 e. The van der Waals surface area contributed by atoms with Crippen molar-refractivity contribution in [2.24, 2.45) is 10.7 Å². The minimum atomic E-state index is 0.325. The van der Waals surface area contributed by atoms with Gasteiger partial charge in [-0.3, -0.25) is 0 Å². The Kier molecular flexibility index (Phi) is 7.86. The van der Waals surface area contributed by atoms with E-state index < -0.39 is 0 Å². The summed E-state index contributed by atoms with van der Waals surface area (Å²) in [5.74, 6) is 0.439. The first-order chi connectivity index (χ1) is 11.3. The number of benzene rings is 1. The molecule has 1 aromatic carbocycles. The highest BCUT2D eigenvalue weighted by atomic mass is 16.5. The fourth-order valence-electron chi connectivity index (χ4n) is 2.31. The van der Waals surface area contributed by atoms with Crippen LogP contribution in [-0.2, 0) is 27.4 Å². The fraction of sp³-hybridized carbons (Fsp3) is 0.588. The minimum Gasteiger partial charge on any atom is -0.383 e. The molecule has 0 aromatic heterocycles. The highest BCUT2D eigenvalue weighted by Crippen LogP contribution is 2.14. The first kappa shape index (κ1) is 17.7. The Labute approximate surface area is 138 Å². The molecule has 1 fully saturated rings. The number of guanidine groups is 1. The largest absolute Gasteiger partial charge is 0.383 e. The van der Waals surface area contributed by atoms with Crippen molar-refractivity contribution < 1.29 is 14.2 Å². The normalized spacial score (nSPS) is 16.5. The molecule has 1 heterocycles. The van der Waals surface area contributed by atoms with Crippen LogP contribution in [0.1, 0.15) is 24.0 Å². The van der Waals surface area contributed by atoms with Gasteiger partial charge in [0.2, 0.25) is 0 Å². The van der Waals surface area contributed by atoms with E-state index in [4.69, 9.17) is 19.9 Å². The van der Waals surface area contributed by atoms with Crippen LogP contribution in [0, 0.1) is 0 Å². The predicted octanol–water partition coefficient (Wildman–Crippen LogP) is 1.43. The van der Waals surface area contributed by atoms with E-state index in [1.54, 1.807) is 7.11 Å². The summed E-state index contributed by atoms with van der Waals surface area (Å²) in [5.41, 5.74) is 8.07. The number of nitrogens with two attached hydrogens (primary N) is 1. The number of rotatable bonds is 8. The summed E-state index contributed by atoms with van der Waals surface area (Å²) in [6, 6.07) is 8.29. The van der Waals surface area contributed by atoms with E-state index in [0.29, 0.717) is 38.4 Å². The Hall–Kier alpha value is -1.63. The molecule has 1 aliphatic heterocycles. The van der Waals surface area contributed by atoms with E-state index in [-0.39, 0.29) is 0 Å². The van der Waals surface area contributed by atoms with Crippen molar-refractivity contribution in [3.05, 3.63) is 35.4 Å². The summed E-state index contributed by atoms with van der Waals surface area (Å²) in [6.07, 6.45) is 2.30. The van der Waals surface area contributed by atoms with Crippen molar-refractivity contribution >= 4 is 5.96 Å². The lowest BCUT2D eigenvalue weighted by Gasteiger charge is -2.22. The second kappa shape index (κ2) is 10.2. The number of ether oxygens (including phenoxy) is 3. The number of hydrogen-bond acceptors (Lipinski definition) is 4. The molecule has 1 aliphatic rings. The van der Waals surface area contributed by atoms with Crippen molar-refractivity contribution in [2.45, 2.75) is 32.1 Å². The van der Waals surface area contributed by atoms with Crippen LogP contribution in [0.3, 0.4) is 0 Å². The Morgan fingerprint density at radius 3 is 2.65 bits per heavy atom. The van der Waals surface area contributed by atoms with Crippen LogP contribution >= 0.6 is 0 Å². The second-order valence-corrected chi connectivity index (χ2v) is 5.56. The zero-order chi connectivity index (χ0) is 16.3. The molecule has 0 radical (unpaired) electrons. The molecule has 1 saturated heterocycles. The lowest BCUT2D eigenvalue weighted by Crippen LogP contribution is -2.34. The summed E-state index contributed by atoms with van der Waals surface area (Å²) in [5, 5.41) is 2.99. The Bertz CT molecular complexity index is 470. The Morgan fingerprint density at radius 1 is 1.26 bits per heavy atom. The van der Waals surface area contributed by atoms with Gasteiger partial charge in [-0.2, -0.15) is 0 Å². The summed E-state index contributed by atoms with van der Waals surface area (Å²) < 4.78 is 16.2. The zero-order valence-electron chi connectivity index (χ0n) is 13.8. The van der Waals surface area contributed by atoms with Crippen LogP contribution in [-0.4, -0.2) is 45.5 Å². The van der Waals surface area contributed by atoms with E-state index in [2.05, 4.69) is 34.6 Å². The number of nitrogens with one attached hydrogen (secondary N) is 1. The number of hydrogen-bond donors (Lipinski definition) is 2. The van der Waals surface area contributed by atoms with E-state index in [1.165, 1.54) is 5.56 Å². The summed E-state index contributed by atoms with van der Waals surface area (Å²) in [7, 11) is 1.66. The second-order valence-electron chi connectivity index (χ2n) is 5.56. The quantitative estimate of drug-likeness (QED) is 0.430. The maximum atomic E-state index is 5.91. The Morgan fingerprint density at radius 2 is 1.96 bits per heavy atom. The summed E-state index contributed by atoms with van der Waals surface area (Å²) >= 11 is 0. The number of methoxy groups -OCH3 is 1. The van der Waals surface area contributed by atoms with Gasteiger partial charge >= 0.3 is 0 Å². The average Bonchev–Trinajstić information content (AvgIpc) is 2.60. The van der Waals surface area contributed by atoms with Crippen molar-refractivity contribution in [1.82, 2.24) is 5.32 Å². The molecule has 6 nitrogen and oxygen atoms in total. The van der Waals surface area contributed by atoms with Crippen LogP contribution in [0.2, 0.25) is 0 Å². The lowest BCUT2D eigenvalue weighted by molar-refractivity contribution is -0.0390. The van der Waals surface area contributed by atoms with Crippen LogP contribution in [0.5, 0.6) is 0 Å². The topological polar surface area (TPSA) is 78.1 Å². The average molecular weight is 321 g/mol. The summed E-state index contributed by atoms with van der Waals surface area (Å²) in [4.78, 5) is 4.30. The van der Waals surface area contributed by atoms with Gasteiger partial charge in [-0.15, -0.1) is 0 Å². The molecule has 1 aromatic rings. The fourth-order valence-corrected chi connectivity index (χ4v) is 2.31. The van der Waals surface area contributed by atoms with E-state index in [0.717, 1.165) is 31.6 Å². The molecular formula is C17H27N3O3. The molecule has 3 N–H and O–H groups in total. The van der Waals surface area contributed by atoms with E-state index in [1.807, 2.05) is 0 Å². The third-order valence-corrected chi connectivity index (χ3v) is 3.72. The van der Waals surface area contributed by atoms with Gasteiger partial charge < -0.3 is 25.3 Å². The molecule has 23 heavy (non-hydrogen) atoms. The van der Waals surface area contributed by atoms with Crippen LogP contribution in [0.25, 0.3) is 0 Å². The van der Waals surface area contributed by atoms with Crippen LogP contribution < -0.4 is 11.1 Å². The van der Waals surface area contributed by atoms with Crippen molar-refractivity contribution in [1.29, 1.82) is 0 Å². The lowest BCUT2D eigenvalue weighted by atomic mass is 10.1. The van der Waals surface area contributed by atoms with Gasteiger partial charge in [-0.1, -0.05) is 24.3 Å². The van der Waals surface area contributed by atoms with Crippen molar-refractivity contribution in [2.75, 3.05) is 33.5 Å².